The Morgan fingerprint density at radius 2 is 2.07 bits per heavy atom. The summed E-state index contributed by atoms with van der Waals surface area (Å²) in [7, 11) is 2.07. The highest BCUT2D eigenvalue weighted by molar-refractivity contribution is 6.35. The molecule has 0 saturated carbocycles. The average molecular weight is 416 g/mol. The van der Waals surface area contributed by atoms with Crippen LogP contribution < -0.4 is 10.1 Å². The van der Waals surface area contributed by atoms with E-state index in [1.165, 1.54) is 0 Å². The molecule has 1 aliphatic heterocycles. The molecule has 144 valence electrons. The van der Waals surface area contributed by atoms with Gasteiger partial charge in [0.1, 0.15) is 0 Å². The maximum Gasteiger partial charge on any atom is 0.418 e. The van der Waals surface area contributed by atoms with Crippen molar-refractivity contribution in [3.8, 4) is 5.88 Å². The van der Waals surface area contributed by atoms with Gasteiger partial charge in [-0.25, -0.2) is 4.79 Å². The minimum Gasteiger partial charge on any atom is -0.393 e. The van der Waals surface area contributed by atoms with Gasteiger partial charge in [-0.05, 0) is 54.1 Å². The van der Waals surface area contributed by atoms with Gasteiger partial charge in [-0.15, -0.1) is 0 Å². The van der Waals surface area contributed by atoms with Crippen molar-refractivity contribution in [2.75, 3.05) is 18.9 Å². The fourth-order valence-electron chi connectivity index (χ4n) is 3.58. The average Bonchev–Trinajstić information content (AvgIpc) is 3.15. The van der Waals surface area contributed by atoms with Gasteiger partial charge in [0.15, 0.2) is 0 Å². The minimum absolute atomic E-state index is 0.103. The molecule has 0 aliphatic carbocycles. The molecule has 1 unspecified atom stereocenters. The molecule has 0 fully saturated rings. The number of H-pyrrole nitrogens is 1. The van der Waals surface area contributed by atoms with Gasteiger partial charge in [0.25, 0.3) is 0 Å². The summed E-state index contributed by atoms with van der Waals surface area (Å²) >= 11 is 12.7. The lowest BCUT2D eigenvalue weighted by molar-refractivity contribution is 0.213. The molecule has 0 spiro atoms. The number of nitrogens with one attached hydrogen (secondary N) is 2. The number of carbonyl (C=O) groups excluding carboxylic acids is 1. The third-order valence-electron chi connectivity index (χ3n) is 4.80. The van der Waals surface area contributed by atoms with Gasteiger partial charge in [-0.3, -0.25) is 5.32 Å². The fourth-order valence-corrected chi connectivity index (χ4v) is 4.15. The summed E-state index contributed by atoms with van der Waals surface area (Å²) in [6.45, 7) is 1.61. The van der Waals surface area contributed by atoms with Crippen molar-refractivity contribution in [2.45, 2.75) is 12.5 Å². The fraction of sp³-hybridized carbons (Fsp3) is 0.190. The van der Waals surface area contributed by atoms with Gasteiger partial charge in [-0.1, -0.05) is 35.3 Å². The van der Waals surface area contributed by atoms with Crippen molar-refractivity contribution in [3.05, 3.63) is 81.5 Å². The van der Waals surface area contributed by atoms with Gasteiger partial charge >= 0.3 is 6.09 Å². The first-order valence-electron chi connectivity index (χ1n) is 8.88. The predicted molar refractivity (Wildman–Crippen MR) is 112 cm³/mol. The van der Waals surface area contributed by atoms with E-state index in [0.29, 0.717) is 21.6 Å². The summed E-state index contributed by atoms with van der Waals surface area (Å²) in [6.07, 6.45) is 1.14. The lowest BCUT2D eigenvalue weighted by Crippen LogP contribution is -2.31. The van der Waals surface area contributed by atoms with Crippen LogP contribution in [0.5, 0.6) is 5.88 Å². The molecule has 2 N–H and O–H groups in total. The van der Waals surface area contributed by atoms with E-state index in [4.69, 9.17) is 27.9 Å². The van der Waals surface area contributed by atoms with E-state index < -0.39 is 6.09 Å². The zero-order chi connectivity index (χ0) is 19.7. The van der Waals surface area contributed by atoms with Gasteiger partial charge in [-0.2, -0.15) is 0 Å². The number of aromatic nitrogens is 1. The van der Waals surface area contributed by atoms with Crippen LogP contribution in [0.2, 0.25) is 10.0 Å². The molecule has 1 amide bonds. The van der Waals surface area contributed by atoms with Crippen molar-refractivity contribution in [1.82, 2.24) is 9.88 Å². The molecule has 4 rings (SSSR count). The summed E-state index contributed by atoms with van der Waals surface area (Å²) in [6, 6.07) is 15.0. The smallest absolute Gasteiger partial charge is 0.393 e. The maximum absolute atomic E-state index is 12.1. The second kappa shape index (κ2) is 7.87. The second-order valence-electron chi connectivity index (χ2n) is 6.88. The summed E-state index contributed by atoms with van der Waals surface area (Å²) in [5, 5.41) is 4.08. The molecule has 1 atom stereocenters. The van der Waals surface area contributed by atoms with E-state index in [1.54, 1.807) is 24.4 Å². The summed E-state index contributed by atoms with van der Waals surface area (Å²) in [5.41, 5.74) is 3.96. The number of benzene rings is 2. The van der Waals surface area contributed by atoms with Crippen LogP contribution in [0, 0.1) is 0 Å². The Kier molecular flexibility index (Phi) is 5.31. The number of rotatable bonds is 3. The first-order chi connectivity index (χ1) is 13.5. The van der Waals surface area contributed by atoms with Crippen LogP contribution >= 0.6 is 23.2 Å². The Bertz CT molecular complexity index is 1000. The van der Waals surface area contributed by atoms with Crippen LogP contribution in [-0.2, 0) is 6.54 Å². The molecule has 2 aromatic carbocycles. The lowest BCUT2D eigenvalue weighted by Gasteiger charge is -2.33. The first-order valence-corrected chi connectivity index (χ1v) is 9.64. The number of aromatic amines is 1. The molecule has 0 bridgehead atoms. The minimum atomic E-state index is -0.549. The van der Waals surface area contributed by atoms with E-state index in [1.807, 2.05) is 30.3 Å². The van der Waals surface area contributed by atoms with E-state index in [9.17, 15) is 4.79 Å². The molecule has 7 heteroatoms. The number of nitrogens with zero attached hydrogens (tertiary/aromatic N) is 1. The van der Waals surface area contributed by atoms with Crippen molar-refractivity contribution in [2.24, 2.45) is 0 Å². The Morgan fingerprint density at radius 1 is 1.21 bits per heavy atom. The van der Waals surface area contributed by atoms with Gasteiger partial charge in [0.2, 0.25) is 5.88 Å². The number of hydrogen-bond acceptors (Lipinski definition) is 3. The molecule has 5 nitrogen and oxygen atoms in total. The number of ether oxygens (including phenoxy) is 1. The second-order valence-corrected chi connectivity index (χ2v) is 7.72. The van der Waals surface area contributed by atoms with Crippen LogP contribution in [0.4, 0.5) is 10.5 Å². The zero-order valence-electron chi connectivity index (χ0n) is 15.2. The van der Waals surface area contributed by atoms with Gasteiger partial charge in [0, 0.05) is 47.0 Å². The van der Waals surface area contributed by atoms with Crippen LogP contribution in [0.25, 0.3) is 0 Å². The highest BCUT2D eigenvalue weighted by Gasteiger charge is 2.27. The van der Waals surface area contributed by atoms with Gasteiger partial charge < -0.3 is 14.6 Å². The van der Waals surface area contributed by atoms with Gasteiger partial charge in [0.05, 0.1) is 0 Å². The first kappa shape index (κ1) is 18.9. The molecule has 28 heavy (non-hydrogen) atoms. The highest BCUT2D eigenvalue weighted by atomic mass is 35.5. The van der Waals surface area contributed by atoms with E-state index in [-0.39, 0.29) is 5.92 Å². The molecule has 0 radical (unpaired) electrons. The van der Waals surface area contributed by atoms with E-state index in [2.05, 4.69) is 22.2 Å². The monoisotopic (exact) mass is 415 g/mol. The highest BCUT2D eigenvalue weighted by Crippen LogP contribution is 2.38. The molecule has 3 aromatic rings. The largest absolute Gasteiger partial charge is 0.418 e. The number of halogens is 2. The zero-order valence-corrected chi connectivity index (χ0v) is 16.7. The molecular weight excluding hydrogens is 397 g/mol. The lowest BCUT2D eigenvalue weighted by atomic mass is 9.84. The number of fused-ring (bicyclic) bond motifs is 1. The molecular formula is C21H19Cl2N3O2. The number of anilines is 1. The van der Waals surface area contributed by atoms with E-state index in [0.717, 1.165) is 29.8 Å². The third kappa shape index (κ3) is 4.02. The van der Waals surface area contributed by atoms with Crippen LogP contribution in [0.15, 0.2) is 54.7 Å². The Morgan fingerprint density at radius 3 is 2.86 bits per heavy atom. The van der Waals surface area contributed by atoms with Crippen LogP contribution in [0.1, 0.15) is 22.6 Å². The molecule has 2 heterocycles. The maximum atomic E-state index is 12.1. The standard InChI is InChI=1S/C21H19Cl2N3O2/c1-26-11-17(16-9-14(22)10-19(23)18(16)12-26)13-4-2-5-15(8-13)25-21(27)28-20-6-3-7-24-20/h2-10,17,24H,11-12H2,1H3,(H,25,27). The molecule has 1 aliphatic rings. The quantitative estimate of drug-likeness (QED) is 0.592. The molecule has 0 saturated heterocycles. The Labute approximate surface area is 173 Å². The SMILES string of the molecule is CN1Cc2c(Cl)cc(Cl)cc2C(c2cccc(NC(=O)Oc3ccc[nH]3)c2)C1. The summed E-state index contributed by atoms with van der Waals surface area (Å²) < 4.78 is 5.20. The van der Waals surface area contributed by atoms with Crippen molar-refractivity contribution < 1.29 is 9.53 Å². The Balaban J connectivity index is 1.60. The normalized spacial score (nSPS) is 16.5. The Hall–Kier alpha value is -2.47. The summed E-state index contributed by atoms with van der Waals surface area (Å²) in [4.78, 5) is 17.2. The number of likely N-dealkylation sites (N-methyl/N-ethyl adjacent to an activating group) is 1. The van der Waals surface area contributed by atoms with Crippen molar-refractivity contribution in [1.29, 1.82) is 0 Å². The van der Waals surface area contributed by atoms with Crippen molar-refractivity contribution in [3.63, 3.8) is 0 Å². The molecule has 1 aromatic heterocycles. The summed E-state index contributed by atoms with van der Waals surface area (Å²) in [5.74, 6) is 0.492. The van der Waals surface area contributed by atoms with Crippen LogP contribution in [-0.4, -0.2) is 29.6 Å². The number of amides is 1. The predicted octanol–water partition coefficient (Wildman–Crippen LogP) is 5.51. The number of carbonyl (C=O) groups is 1. The number of hydrogen-bond donors (Lipinski definition) is 2. The van der Waals surface area contributed by atoms with Crippen LogP contribution in [0.3, 0.4) is 0 Å². The third-order valence-corrected chi connectivity index (χ3v) is 5.36. The topological polar surface area (TPSA) is 57.4 Å². The van der Waals surface area contributed by atoms with Crippen molar-refractivity contribution >= 4 is 35.0 Å². The van der Waals surface area contributed by atoms with E-state index >= 15 is 0 Å².